The minimum Gasteiger partial charge on any atom is -0.455 e. The Hall–Kier alpha value is -1.03. The van der Waals surface area contributed by atoms with Crippen molar-refractivity contribution in [2.75, 3.05) is 0 Å². The fourth-order valence-corrected chi connectivity index (χ4v) is 6.43. The quantitative estimate of drug-likeness (QED) is 0.0590. The van der Waals surface area contributed by atoms with Crippen molar-refractivity contribution < 1.29 is 39.8 Å². The van der Waals surface area contributed by atoms with E-state index in [0.29, 0.717) is 56.9 Å². The molecule has 2 aliphatic heterocycles. The number of unbranched alkanes of at least 4 members (excludes halogenated alkanes) is 9. The van der Waals surface area contributed by atoms with Gasteiger partial charge in [-0.15, -0.1) is 0 Å². The second-order valence-corrected chi connectivity index (χ2v) is 13.3. The molecule has 1 saturated heterocycles. The Morgan fingerprint density at radius 2 is 1.33 bits per heavy atom. The molecule has 0 aromatic heterocycles. The summed E-state index contributed by atoms with van der Waals surface area (Å²) in [7, 11) is 0. The van der Waals surface area contributed by atoms with Gasteiger partial charge in [0.05, 0.1) is 42.7 Å². The Labute approximate surface area is 261 Å². The SMILES string of the molecule is CCCCCCCCCCCCC(O)C(O)CCC(O)C1CCC(CCCC(O)CCCC(O)CC2=CC(C)OC2=O)O1. The smallest absolute Gasteiger partial charge is 0.334 e. The molecule has 0 aromatic rings. The van der Waals surface area contributed by atoms with Gasteiger partial charge in [0.25, 0.3) is 0 Å². The van der Waals surface area contributed by atoms with Crippen molar-refractivity contribution in [3.05, 3.63) is 11.6 Å². The van der Waals surface area contributed by atoms with Crippen LogP contribution >= 0.6 is 0 Å². The number of aliphatic hydroxyl groups excluding tert-OH is 5. The molecule has 8 heteroatoms. The molecule has 8 unspecified atom stereocenters. The first-order valence-corrected chi connectivity index (χ1v) is 17.7. The lowest BCUT2D eigenvalue weighted by molar-refractivity contribution is -0.139. The van der Waals surface area contributed by atoms with Gasteiger partial charge >= 0.3 is 5.97 Å². The molecule has 8 atom stereocenters. The molecule has 2 heterocycles. The first kappa shape index (κ1) is 38.2. The Morgan fingerprint density at radius 1 is 0.721 bits per heavy atom. The van der Waals surface area contributed by atoms with Gasteiger partial charge in [-0.1, -0.05) is 71.1 Å². The summed E-state index contributed by atoms with van der Waals surface area (Å²) in [6, 6.07) is 0. The minimum absolute atomic E-state index is 0.0716. The van der Waals surface area contributed by atoms with Crippen LogP contribution in [-0.4, -0.2) is 80.3 Å². The van der Waals surface area contributed by atoms with Crippen LogP contribution in [0.25, 0.3) is 0 Å². The Morgan fingerprint density at radius 3 is 1.98 bits per heavy atom. The van der Waals surface area contributed by atoms with E-state index in [1.54, 1.807) is 13.0 Å². The zero-order chi connectivity index (χ0) is 31.5. The average Bonchev–Trinajstić information content (AvgIpc) is 3.57. The number of ether oxygens (including phenoxy) is 2. The molecular weight excluding hydrogens is 548 g/mol. The molecule has 0 saturated carbocycles. The van der Waals surface area contributed by atoms with E-state index in [2.05, 4.69) is 6.92 Å². The van der Waals surface area contributed by atoms with Gasteiger partial charge in [0.15, 0.2) is 0 Å². The molecule has 1 fully saturated rings. The molecule has 0 aromatic carbocycles. The van der Waals surface area contributed by atoms with Crippen LogP contribution in [0.5, 0.6) is 0 Å². The van der Waals surface area contributed by atoms with Crippen LogP contribution in [0.4, 0.5) is 0 Å². The predicted octanol–water partition coefficient (Wildman–Crippen LogP) is 6.03. The lowest BCUT2D eigenvalue weighted by Crippen LogP contribution is -2.31. The van der Waals surface area contributed by atoms with Crippen LogP contribution in [-0.2, 0) is 14.3 Å². The number of rotatable bonds is 26. The van der Waals surface area contributed by atoms with Crippen LogP contribution in [0, 0.1) is 0 Å². The third-order valence-corrected chi connectivity index (χ3v) is 9.21. The minimum atomic E-state index is -0.812. The fraction of sp³-hybridized carbons (Fsp3) is 0.914. The van der Waals surface area contributed by atoms with Gasteiger partial charge < -0.3 is 35.0 Å². The van der Waals surface area contributed by atoms with Crippen molar-refractivity contribution >= 4 is 5.97 Å². The summed E-state index contributed by atoms with van der Waals surface area (Å²) in [6.45, 7) is 4.04. The van der Waals surface area contributed by atoms with Gasteiger partial charge in [0.2, 0.25) is 0 Å². The van der Waals surface area contributed by atoms with Crippen LogP contribution in [0.1, 0.15) is 155 Å². The average molecular weight is 613 g/mol. The van der Waals surface area contributed by atoms with E-state index in [9.17, 15) is 30.3 Å². The highest BCUT2D eigenvalue weighted by molar-refractivity contribution is 5.90. The van der Waals surface area contributed by atoms with Crippen molar-refractivity contribution in [1.29, 1.82) is 0 Å². The number of esters is 1. The lowest BCUT2D eigenvalue weighted by atomic mass is 9.97. The number of carbonyl (C=O) groups is 1. The molecule has 0 radical (unpaired) electrons. The summed E-state index contributed by atoms with van der Waals surface area (Å²) in [5, 5.41) is 51.9. The molecule has 2 rings (SSSR count). The number of hydrogen-bond donors (Lipinski definition) is 5. The van der Waals surface area contributed by atoms with E-state index in [0.717, 1.165) is 38.5 Å². The van der Waals surface area contributed by atoms with Crippen molar-refractivity contribution in [3.63, 3.8) is 0 Å². The summed E-state index contributed by atoms with van der Waals surface area (Å²) in [5.74, 6) is -0.346. The third-order valence-electron chi connectivity index (χ3n) is 9.21. The molecular formula is C35H64O8. The number of hydrogen-bond acceptors (Lipinski definition) is 8. The van der Waals surface area contributed by atoms with Crippen molar-refractivity contribution in [2.45, 2.75) is 204 Å². The maximum atomic E-state index is 11.7. The van der Waals surface area contributed by atoms with Gasteiger partial charge in [-0.3, -0.25) is 0 Å². The Balaban J connectivity index is 1.46. The van der Waals surface area contributed by atoms with Gasteiger partial charge in [-0.25, -0.2) is 4.79 Å². The number of cyclic esters (lactones) is 1. The molecule has 5 N–H and O–H groups in total. The standard InChI is InChI=1S/C35H64O8/c1-3-4-5-6-7-8-9-10-11-12-19-31(38)32(39)21-22-33(40)34-23-20-30(43-34)18-14-16-28(36)15-13-17-29(37)25-27-24-26(2)42-35(27)41/h24,26,28-34,36-40H,3-23,25H2,1-2H3. The molecule has 0 amide bonds. The van der Waals surface area contributed by atoms with Gasteiger partial charge in [-0.05, 0) is 83.6 Å². The summed E-state index contributed by atoms with van der Waals surface area (Å²) >= 11 is 0. The highest BCUT2D eigenvalue weighted by Gasteiger charge is 2.31. The molecule has 0 spiro atoms. The maximum absolute atomic E-state index is 11.7. The number of carbonyl (C=O) groups excluding carboxylic acids is 1. The second kappa shape index (κ2) is 22.5. The van der Waals surface area contributed by atoms with E-state index in [1.807, 2.05) is 0 Å². The summed E-state index contributed by atoms with van der Waals surface area (Å²) < 4.78 is 11.1. The van der Waals surface area contributed by atoms with E-state index in [4.69, 9.17) is 9.47 Å². The zero-order valence-corrected chi connectivity index (χ0v) is 27.2. The normalized spacial score (nSPS) is 24.0. The molecule has 252 valence electrons. The van der Waals surface area contributed by atoms with Gasteiger partial charge in [0.1, 0.15) is 6.10 Å². The Bertz CT molecular complexity index is 758. The molecule has 43 heavy (non-hydrogen) atoms. The monoisotopic (exact) mass is 612 g/mol. The van der Waals surface area contributed by atoms with E-state index >= 15 is 0 Å². The van der Waals surface area contributed by atoms with Crippen molar-refractivity contribution in [1.82, 2.24) is 0 Å². The lowest BCUT2D eigenvalue weighted by Gasteiger charge is -2.23. The zero-order valence-electron chi connectivity index (χ0n) is 27.2. The molecule has 0 aliphatic carbocycles. The third kappa shape index (κ3) is 16.7. The maximum Gasteiger partial charge on any atom is 0.334 e. The first-order valence-electron chi connectivity index (χ1n) is 17.7. The summed E-state index contributed by atoms with van der Waals surface area (Å²) in [4.78, 5) is 11.7. The fourth-order valence-electron chi connectivity index (χ4n) is 6.43. The largest absolute Gasteiger partial charge is 0.455 e. The Kier molecular flexibility index (Phi) is 19.9. The van der Waals surface area contributed by atoms with E-state index < -0.39 is 30.5 Å². The van der Waals surface area contributed by atoms with Crippen LogP contribution < -0.4 is 0 Å². The van der Waals surface area contributed by atoms with Gasteiger partial charge in [0, 0.05) is 12.0 Å². The van der Waals surface area contributed by atoms with Crippen LogP contribution in [0.3, 0.4) is 0 Å². The van der Waals surface area contributed by atoms with E-state index in [-0.39, 0.29) is 24.3 Å². The highest BCUT2D eigenvalue weighted by Crippen LogP contribution is 2.28. The van der Waals surface area contributed by atoms with Crippen LogP contribution in [0.15, 0.2) is 11.6 Å². The molecule has 0 bridgehead atoms. The first-order chi connectivity index (χ1) is 20.7. The topological polar surface area (TPSA) is 137 Å². The van der Waals surface area contributed by atoms with Crippen molar-refractivity contribution in [3.8, 4) is 0 Å². The number of aliphatic hydroxyl groups is 5. The molecule has 2 aliphatic rings. The van der Waals surface area contributed by atoms with Gasteiger partial charge in [-0.2, -0.15) is 0 Å². The highest BCUT2D eigenvalue weighted by atomic mass is 16.5. The predicted molar refractivity (Wildman–Crippen MR) is 170 cm³/mol. The van der Waals surface area contributed by atoms with Crippen molar-refractivity contribution in [2.24, 2.45) is 0 Å². The summed E-state index contributed by atoms with van der Waals surface area (Å²) in [6.07, 6.45) is 18.0. The van der Waals surface area contributed by atoms with Crippen LogP contribution in [0.2, 0.25) is 0 Å². The molecule has 8 nitrogen and oxygen atoms in total. The van der Waals surface area contributed by atoms with E-state index in [1.165, 1.54) is 51.4 Å². The second-order valence-electron chi connectivity index (χ2n) is 13.3. The summed E-state index contributed by atoms with van der Waals surface area (Å²) in [5.41, 5.74) is 0.536.